The fourth-order valence-corrected chi connectivity index (χ4v) is 2.89. The Morgan fingerprint density at radius 1 is 1.24 bits per heavy atom. The van der Waals surface area contributed by atoms with Gasteiger partial charge in [-0.05, 0) is 41.0 Å². The normalized spacial score (nSPS) is 18.6. The first-order chi connectivity index (χ1) is 9.79. The van der Waals surface area contributed by atoms with Crippen LogP contribution in [0.5, 0.6) is 5.75 Å². The minimum Gasteiger partial charge on any atom is -0.484 e. The monoisotopic (exact) mass is 286 g/mol. The highest BCUT2D eigenvalue weighted by Crippen LogP contribution is 2.67. The number of nitrogens with one attached hydrogen (secondary N) is 1. The number of nitriles is 1. The molecule has 1 saturated carbocycles. The number of amides is 1. The zero-order valence-corrected chi connectivity index (χ0v) is 13.1. The summed E-state index contributed by atoms with van der Waals surface area (Å²) in [5, 5.41) is 11.6. The SMILES string of the molecule is CC1(C)C(CNC(=O)COc2ccc(C#N)cc2)C1(C)C. The smallest absolute Gasteiger partial charge is 0.257 e. The number of benzene rings is 1. The second-order valence-corrected chi connectivity index (χ2v) is 6.72. The largest absolute Gasteiger partial charge is 0.484 e. The molecular weight excluding hydrogens is 264 g/mol. The Hall–Kier alpha value is -2.02. The Balaban J connectivity index is 1.74. The van der Waals surface area contributed by atoms with Crippen LogP contribution in [0, 0.1) is 28.1 Å². The van der Waals surface area contributed by atoms with E-state index in [2.05, 4.69) is 33.0 Å². The zero-order valence-electron chi connectivity index (χ0n) is 13.1. The van der Waals surface area contributed by atoms with Gasteiger partial charge in [-0.25, -0.2) is 0 Å². The van der Waals surface area contributed by atoms with E-state index in [9.17, 15) is 4.79 Å². The molecule has 0 aliphatic heterocycles. The van der Waals surface area contributed by atoms with Crippen molar-refractivity contribution in [3.05, 3.63) is 29.8 Å². The molecule has 1 aromatic rings. The van der Waals surface area contributed by atoms with Crippen LogP contribution in [0.3, 0.4) is 0 Å². The first kappa shape index (κ1) is 15.4. The van der Waals surface area contributed by atoms with Gasteiger partial charge in [-0.2, -0.15) is 5.26 Å². The maximum absolute atomic E-state index is 11.8. The summed E-state index contributed by atoms with van der Waals surface area (Å²) in [5.74, 6) is 0.984. The fraction of sp³-hybridized carbons (Fsp3) is 0.529. The molecular formula is C17H22N2O2. The van der Waals surface area contributed by atoms with Crippen molar-refractivity contribution in [2.45, 2.75) is 27.7 Å². The predicted molar refractivity (Wildman–Crippen MR) is 80.7 cm³/mol. The van der Waals surface area contributed by atoms with Gasteiger partial charge in [-0.3, -0.25) is 4.79 Å². The molecule has 4 nitrogen and oxygen atoms in total. The highest BCUT2D eigenvalue weighted by molar-refractivity contribution is 5.77. The molecule has 0 saturated heterocycles. The quantitative estimate of drug-likeness (QED) is 0.905. The third-order valence-corrected chi connectivity index (χ3v) is 5.18. The third-order valence-electron chi connectivity index (χ3n) is 5.18. The maximum Gasteiger partial charge on any atom is 0.257 e. The summed E-state index contributed by atoms with van der Waals surface area (Å²) < 4.78 is 5.40. The molecule has 0 bridgehead atoms. The van der Waals surface area contributed by atoms with Crippen molar-refractivity contribution in [2.24, 2.45) is 16.7 Å². The van der Waals surface area contributed by atoms with Crippen molar-refractivity contribution < 1.29 is 9.53 Å². The first-order valence-corrected chi connectivity index (χ1v) is 7.18. The van der Waals surface area contributed by atoms with Gasteiger partial charge < -0.3 is 10.1 Å². The molecule has 0 atom stereocenters. The van der Waals surface area contributed by atoms with Crippen molar-refractivity contribution in [3.63, 3.8) is 0 Å². The van der Waals surface area contributed by atoms with Gasteiger partial charge in [0.15, 0.2) is 6.61 Å². The van der Waals surface area contributed by atoms with Gasteiger partial charge >= 0.3 is 0 Å². The lowest BCUT2D eigenvalue weighted by molar-refractivity contribution is -0.123. The standard InChI is InChI=1S/C17H22N2O2/c1-16(2)14(17(16,3)4)10-19-15(20)11-21-13-7-5-12(9-18)6-8-13/h5-8,14H,10-11H2,1-4H3,(H,19,20). The summed E-state index contributed by atoms with van der Waals surface area (Å²) in [5.41, 5.74) is 1.12. The van der Waals surface area contributed by atoms with E-state index in [1.807, 2.05) is 6.07 Å². The van der Waals surface area contributed by atoms with Crippen LogP contribution in [-0.2, 0) is 4.79 Å². The lowest BCUT2D eigenvalue weighted by Gasteiger charge is -2.08. The van der Waals surface area contributed by atoms with Crippen LogP contribution in [0.15, 0.2) is 24.3 Å². The minimum absolute atomic E-state index is 0.000518. The summed E-state index contributed by atoms with van der Waals surface area (Å²) in [4.78, 5) is 11.8. The first-order valence-electron chi connectivity index (χ1n) is 7.18. The van der Waals surface area contributed by atoms with E-state index in [4.69, 9.17) is 10.00 Å². The van der Waals surface area contributed by atoms with Gasteiger partial charge in [0.1, 0.15) is 5.75 Å². The number of carbonyl (C=O) groups excluding carboxylic acids is 1. The summed E-state index contributed by atoms with van der Waals surface area (Å²) in [7, 11) is 0. The number of hydrogen-bond acceptors (Lipinski definition) is 3. The molecule has 2 rings (SSSR count). The lowest BCUT2D eigenvalue weighted by atomic mass is 10.0. The van der Waals surface area contributed by atoms with E-state index in [1.54, 1.807) is 24.3 Å². The number of ether oxygens (including phenoxy) is 1. The summed E-state index contributed by atoms with van der Waals surface area (Å²) in [6.45, 7) is 9.62. The van der Waals surface area contributed by atoms with E-state index >= 15 is 0 Å². The van der Waals surface area contributed by atoms with Crippen LogP contribution < -0.4 is 10.1 Å². The van der Waals surface area contributed by atoms with E-state index in [0.29, 0.717) is 23.8 Å². The Labute approximate surface area is 126 Å². The van der Waals surface area contributed by atoms with Gasteiger partial charge in [0.2, 0.25) is 0 Å². The van der Waals surface area contributed by atoms with Gasteiger partial charge in [-0.15, -0.1) is 0 Å². The molecule has 0 spiro atoms. The Kier molecular flexibility index (Phi) is 3.95. The van der Waals surface area contributed by atoms with E-state index in [1.165, 1.54) is 0 Å². The second-order valence-electron chi connectivity index (χ2n) is 6.72. The van der Waals surface area contributed by atoms with Crippen LogP contribution in [-0.4, -0.2) is 19.1 Å². The van der Waals surface area contributed by atoms with E-state index < -0.39 is 0 Å². The minimum atomic E-state index is -0.113. The van der Waals surface area contributed by atoms with Crippen molar-refractivity contribution in [1.29, 1.82) is 5.26 Å². The summed E-state index contributed by atoms with van der Waals surface area (Å²) in [6, 6.07) is 8.76. The molecule has 1 amide bonds. The molecule has 1 N–H and O–H groups in total. The number of nitrogens with zero attached hydrogens (tertiary/aromatic N) is 1. The summed E-state index contributed by atoms with van der Waals surface area (Å²) in [6.07, 6.45) is 0. The molecule has 0 aromatic heterocycles. The van der Waals surface area contributed by atoms with Gasteiger partial charge in [0.25, 0.3) is 5.91 Å². The lowest BCUT2D eigenvalue weighted by Crippen LogP contribution is -2.31. The topological polar surface area (TPSA) is 62.1 Å². The average Bonchev–Trinajstić information content (AvgIpc) is 2.84. The molecule has 0 unspecified atom stereocenters. The van der Waals surface area contributed by atoms with Crippen LogP contribution in [0.4, 0.5) is 0 Å². The van der Waals surface area contributed by atoms with Crippen LogP contribution in [0.25, 0.3) is 0 Å². The van der Waals surface area contributed by atoms with Crippen LogP contribution in [0.1, 0.15) is 33.3 Å². The van der Waals surface area contributed by atoms with Gasteiger partial charge in [0.05, 0.1) is 11.6 Å². The molecule has 0 heterocycles. The Bertz CT molecular complexity index is 553. The zero-order chi connectivity index (χ0) is 15.7. The predicted octanol–water partition coefficient (Wildman–Crippen LogP) is 2.74. The maximum atomic E-state index is 11.8. The van der Waals surface area contributed by atoms with Gasteiger partial charge in [-0.1, -0.05) is 27.7 Å². The van der Waals surface area contributed by atoms with Crippen LogP contribution >= 0.6 is 0 Å². The number of hydrogen-bond donors (Lipinski definition) is 1. The highest BCUT2D eigenvalue weighted by atomic mass is 16.5. The summed E-state index contributed by atoms with van der Waals surface area (Å²) >= 11 is 0. The fourth-order valence-electron chi connectivity index (χ4n) is 2.89. The Morgan fingerprint density at radius 2 is 1.81 bits per heavy atom. The Morgan fingerprint density at radius 3 is 2.29 bits per heavy atom. The van der Waals surface area contributed by atoms with Crippen molar-refractivity contribution in [1.82, 2.24) is 5.32 Å². The van der Waals surface area contributed by atoms with Crippen molar-refractivity contribution >= 4 is 5.91 Å². The number of rotatable bonds is 5. The number of carbonyl (C=O) groups is 1. The molecule has 1 aliphatic carbocycles. The van der Waals surface area contributed by atoms with Gasteiger partial charge in [0, 0.05) is 6.54 Å². The third kappa shape index (κ3) is 3.02. The van der Waals surface area contributed by atoms with Crippen LogP contribution in [0.2, 0.25) is 0 Å². The van der Waals surface area contributed by atoms with Crippen molar-refractivity contribution in [2.75, 3.05) is 13.2 Å². The van der Waals surface area contributed by atoms with E-state index in [0.717, 1.165) is 0 Å². The highest BCUT2D eigenvalue weighted by Gasteiger charge is 2.64. The average molecular weight is 286 g/mol. The molecule has 1 aromatic carbocycles. The van der Waals surface area contributed by atoms with E-state index in [-0.39, 0.29) is 23.3 Å². The molecule has 4 heteroatoms. The molecule has 0 radical (unpaired) electrons. The molecule has 112 valence electrons. The van der Waals surface area contributed by atoms with Crippen molar-refractivity contribution in [3.8, 4) is 11.8 Å². The molecule has 1 fully saturated rings. The second kappa shape index (κ2) is 5.40. The molecule has 1 aliphatic rings. The molecule has 21 heavy (non-hydrogen) atoms.